The minimum absolute atomic E-state index is 0.0422. The standard InChI is InChI=1S/C14H26N2O/c17-11-14(15-12-4-1-2-5-12)7-9-16-8-3-6-13(16)10-14/h12-13,15,17H,1-11H2. The number of hydrogen-bond donors (Lipinski definition) is 2. The second kappa shape index (κ2) is 4.87. The quantitative estimate of drug-likeness (QED) is 0.782. The summed E-state index contributed by atoms with van der Waals surface area (Å²) in [4.78, 5) is 2.63. The number of nitrogens with one attached hydrogen (secondary N) is 1. The number of piperidine rings is 1. The van der Waals surface area contributed by atoms with Gasteiger partial charge in [0.05, 0.1) is 6.61 Å². The summed E-state index contributed by atoms with van der Waals surface area (Å²) in [7, 11) is 0. The number of aliphatic hydroxyl groups excluding tert-OH is 1. The van der Waals surface area contributed by atoms with Crippen LogP contribution in [0.3, 0.4) is 0 Å². The summed E-state index contributed by atoms with van der Waals surface area (Å²) < 4.78 is 0. The van der Waals surface area contributed by atoms with Crippen LogP contribution in [0.15, 0.2) is 0 Å². The number of aliphatic hydroxyl groups is 1. The topological polar surface area (TPSA) is 35.5 Å². The molecule has 0 aromatic rings. The highest BCUT2D eigenvalue weighted by Crippen LogP contribution is 2.34. The van der Waals surface area contributed by atoms with E-state index < -0.39 is 0 Å². The van der Waals surface area contributed by atoms with Gasteiger partial charge in [0.25, 0.3) is 0 Å². The van der Waals surface area contributed by atoms with E-state index in [2.05, 4.69) is 10.2 Å². The molecule has 98 valence electrons. The lowest BCUT2D eigenvalue weighted by Gasteiger charge is -2.45. The van der Waals surface area contributed by atoms with Crippen molar-refractivity contribution in [3.63, 3.8) is 0 Å². The molecule has 0 aromatic carbocycles. The molecule has 2 heterocycles. The molecule has 2 N–H and O–H groups in total. The van der Waals surface area contributed by atoms with E-state index in [4.69, 9.17) is 0 Å². The van der Waals surface area contributed by atoms with Crippen LogP contribution < -0.4 is 5.32 Å². The zero-order valence-corrected chi connectivity index (χ0v) is 10.8. The molecule has 0 spiro atoms. The molecule has 0 bridgehead atoms. The van der Waals surface area contributed by atoms with Crippen molar-refractivity contribution in [2.24, 2.45) is 0 Å². The monoisotopic (exact) mass is 238 g/mol. The van der Waals surface area contributed by atoms with Gasteiger partial charge in [-0.2, -0.15) is 0 Å². The Balaban J connectivity index is 1.64. The molecule has 3 fully saturated rings. The fourth-order valence-electron chi connectivity index (χ4n) is 4.15. The maximum absolute atomic E-state index is 9.84. The van der Waals surface area contributed by atoms with Crippen LogP contribution in [-0.2, 0) is 0 Å². The van der Waals surface area contributed by atoms with E-state index in [0.717, 1.165) is 12.5 Å². The van der Waals surface area contributed by atoms with E-state index in [0.29, 0.717) is 12.6 Å². The van der Waals surface area contributed by atoms with Gasteiger partial charge in [-0.15, -0.1) is 0 Å². The predicted octanol–water partition coefficient (Wildman–Crippen LogP) is 1.51. The number of fused-ring (bicyclic) bond motifs is 1. The molecule has 0 aromatic heterocycles. The third-order valence-corrected chi connectivity index (χ3v) is 5.17. The van der Waals surface area contributed by atoms with Crippen molar-refractivity contribution in [2.45, 2.75) is 69.0 Å². The highest BCUT2D eigenvalue weighted by molar-refractivity contribution is 5.01. The third kappa shape index (κ3) is 2.38. The average Bonchev–Trinajstić information content (AvgIpc) is 2.99. The Labute approximate surface area is 105 Å². The van der Waals surface area contributed by atoms with E-state index in [1.165, 1.54) is 58.0 Å². The second-order valence-corrected chi connectivity index (χ2v) is 6.35. The van der Waals surface area contributed by atoms with Crippen LogP contribution in [0.1, 0.15) is 51.4 Å². The van der Waals surface area contributed by atoms with Gasteiger partial charge in [-0.05, 0) is 45.1 Å². The summed E-state index contributed by atoms with van der Waals surface area (Å²) in [6, 6.07) is 1.42. The van der Waals surface area contributed by atoms with Crippen LogP contribution in [0, 0.1) is 0 Å². The molecule has 2 unspecified atom stereocenters. The predicted molar refractivity (Wildman–Crippen MR) is 69.0 cm³/mol. The smallest absolute Gasteiger partial charge is 0.0614 e. The summed E-state index contributed by atoms with van der Waals surface area (Å²) in [6.45, 7) is 2.80. The van der Waals surface area contributed by atoms with Gasteiger partial charge in [-0.3, -0.25) is 0 Å². The highest BCUT2D eigenvalue weighted by atomic mass is 16.3. The van der Waals surface area contributed by atoms with E-state index in [-0.39, 0.29) is 5.54 Å². The zero-order chi connectivity index (χ0) is 11.7. The van der Waals surface area contributed by atoms with Gasteiger partial charge in [0.1, 0.15) is 0 Å². The molecule has 17 heavy (non-hydrogen) atoms. The summed E-state index contributed by atoms with van der Waals surface area (Å²) in [6.07, 6.45) is 10.4. The first-order chi connectivity index (χ1) is 8.31. The second-order valence-electron chi connectivity index (χ2n) is 6.35. The fourth-order valence-corrected chi connectivity index (χ4v) is 4.15. The lowest BCUT2D eigenvalue weighted by molar-refractivity contribution is 0.0511. The van der Waals surface area contributed by atoms with Crippen LogP contribution in [-0.4, -0.2) is 47.3 Å². The van der Waals surface area contributed by atoms with Gasteiger partial charge < -0.3 is 15.3 Å². The first kappa shape index (κ1) is 11.9. The van der Waals surface area contributed by atoms with Crippen molar-refractivity contribution in [3.8, 4) is 0 Å². The molecular weight excluding hydrogens is 212 g/mol. The van der Waals surface area contributed by atoms with Gasteiger partial charge in [0.15, 0.2) is 0 Å². The number of hydrogen-bond acceptors (Lipinski definition) is 3. The van der Waals surface area contributed by atoms with E-state index >= 15 is 0 Å². The lowest BCUT2D eigenvalue weighted by Crippen LogP contribution is -2.60. The van der Waals surface area contributed by atoms with Crippen LogP contribution in [0.4, 0.5) is 0 Å². The van der Waals surface area contributed by atoms with Gasteiger partial charge in [-0.1, -0.05) is 12.8 Å². The van der Waals surface area contributed by atoms with E-state index in [1.807, 2.05) is 0 Å². The molecule has 3 aliphatic rings. The van der Waals surface area contributed by atoms with Crippen molar-refractivity contribution in [3.05, 3.63) is 0 Å². The Morgan fingerprint density at radius 2 is 1.94 bits per heavy atom. The number of rotatable bonds is 3. The molecule has 0 radical (unpaired) electrons. The Kier molecular flexibility index (Phi) is 3.42. The first-order valence-electron chi connectivity index (χ1n) is 7.44. The van der Waals surface area contributed by atoms with Crippen LogP contribution in [0.25, 0.3) is 0 Å². The minimum Gasteiger partial charge on any atom is -0.394 e. The van der Waals surface area contributed by atoms with Gasteiger partial charge in [-0.25, -0.2) is 0 Å². The first-order valence-corrected chi connectivity index (χ1v) is 7.44. The SMILES string of the molecule is OCC1(NC2CCCC2)CCN2CCCC2C1. The molecule has 2 aliphatic heterocycles. The molecule has 0 amide bonds. The van der Waals surface area contributed by atoms with Crippen molar-refractivity contribution < 1.29 is 5.11 Å². The third-order valence-electron chi connectivity index (χ3n) is 5.17. The van der Waals surface area contributed by atoms with Crippen molar-refractivity contribution >= 4 is 0 Å². The molecule has 3 rings (SSSR count). The summed E-state index contributed by atoms with van der Waals surface area (Å²) in [5, 5.41) is 13.7. The fraction of sp³-hybridized carbons (Fsp3) is 1.00. The van der Waals surface area contributed by atoms with Crippen LogP contribution in [0.5, 0.6) is 0 Å². The van der Waals surface area contributed by atoms with E-state index in [9.17, 15) is 5.11 Å². The maximum Gasteiger partial charge on any atom is 0.0614 e. The summed E-state index contributed by atoms with van der Waals surface area (Å²) in [5.74, 6) is 0. The molecular formula is C14H26N2O. The normalized spacial score (nSPS) is 39.7. The average molecular weight is 238 g/mol. The number of nitrogens with zero attached hydrogens (tertiary/aromatic N) is 1. The van der Waals surface area contributed by atoms with Crippen molar-refractivity contribution in [1.82, 2.24) is 10.2 Å². The Bertz CT molecular complexity index is 261. The Hall–Kier alpha value is -0.120. The molecule has 2 atom stereocenters. The Morgan fingerprint density at radius 1 is 1.12 bits per heavy atom. The molecule has 3 heteroatoms. The minimum atomic E-state index is 0.0422. The highest BCUT2D eigenvalue weighted by Gasteiger charge is 2.42. The maximum atomic E-state index is 9.84. The molecule has 2 saturated heterocycles. The summed E-state index contributed by atoms with van der Waals surface area (Å²) in [5.41, 5.74) is 0.0422. The van der Waals surface area contributed by atoms with Gasteiger partial charge in [0.2, 0.25) is 0 Å². The van der Waals surface area contributed by atoms with Crippen LogP contribution in [0.2, 0.25) is 0 Å². The largest absolute Gasteiger partial charge is 0.394 e. The van der Waals surface area contributed by atoms with Crippen LogP contribution >= 0.6 is 0 Å². The molecule has 1 saturated carbocycles. The molecule has 3 nitrogen and oxygen atoms in total. The Morgan fingerprint density at radius 3 is 2.71 bits per heavy atom. The lowest BCUT2D eigenvalue weighted by atomic mass is 9.83. The van der Waals surface area contributed by atoms with E-state index in [1.54, 1.807) is 0 Å². The molecule has 1 aliphatic carbocycles. The summed E-state index contributed by atoms with van der Waals surface area (Å²) >= 11 is 0. The van der Waals surface area contributed by atoms with Gasteiger partial charge in [0, 0.05) is 24.2 Å². The van der Waals surface area contributed by atoms with Crippen molar-refractivity contribution in [1.29, 1.82) is 0 Å². The van der Waals surface area contributed by atoms with Gasteiger partial charge >= 0.3 is 0 Å². The van der Waals surface area contributed by atoms with Crippen molar-refractivity contribution in [2.75, 3.05) is 19.7 Å². The zero-order valence-electron chi connectivity index (χ0n) is 10.8.